The number of nitrogens with one attached hydrogen (secondary N) is 1. The molecule has 0 unspecified atom stereocenters. The molecule has 148 valence electrons. The van der Waals surface area contributed by atoms with E-state index in [1.54, 1.807) is 17.5 Å². The fourth-order valence-corrected chi connectivity index (χ4v) is 4.30. The van der Waals surface area contributed by atoms with Gasteiger partial charge in [-0.15, -0.1) is 11.3 Å². The van der Waals surface area contributed by atoms with Crippen LogP contribution < -0.4 is 10.2 Å². The van der Waals surface area contributed by atoms with Crippen LogP contribution in [0, 0.1) is 6.92 Å². The van der Waals surface area contributed by atoms with E-state index in [0.717, 1.165) is 49.3 Å². The highest BCUT2D eigenvalue weighted by Gasteiger charge is 2.28. The van der Waals surface area contributed by atoms with Crippen molar-refractivity contribution in [1.82, 2.24) is 9.97 Å². The number of allylic oxidation sites excluding steroid dienone is 1. The van der Waals surface area contributed by atoms with E-state index < -0.39 is 0 Å². The highest BCUT2D eigenvalue weighted by Crippen LogP contribution is 2.45. The van der Waals surface area contributed by atoms with E-state index >= 15 is 0 Å². The van der Waals surface area contributed by atoms with Crippen molar-refractivity contribution in [3.63, 3.8) is 0 Å². The molecule has 0 saturated heterocycles. The van der Waals surface area contributed by atoms with Crippen molar-refractivity contribution in [3.05, 3.63) is 84.0 Å². The molecule has 4 nitrogen and oxygen atoms in total. The number of hydrogen-bond donors (Lipinski definition) is 1. The maximum absolute atomic E-state index is 4.39. The van der Waals surface area contributed by atoms with E-state index in [0.29, 0.717) is 0 Å². The first-order valence-electron chi connectivity index (χ1n) is 9.67. The minimum Gasteiger partial charge on any atom is -0.341 e. The standard InChI is InChI=1S/C22H20N4S.C2H6/c1-5-7-18-14(2)11-24-13-20(18)26-15(3)22-19(25-16(26)4)10-21(27-22)17-8-6-9-23-12-17;1-2/h5-13,25H,3-4H2,1-2H3;1-2H3/b7-5-;. The summed E-state index contributed by atoms with van der Waals surface area (Å²) in [7, 11) is 0. The third kappa shape index (κ3) is 3.87. The zero-order valence-electron chi connectivity index (χ0n) is 17.4. The molecule has 0 aliphatic carbocycles. The topological polar surface area (TPSA) is 41.1 Å². The maximum Gasteiger partial charge on any atom is 0.108 e. The molecule has 4 rings (SSSR count). The first kappa shape index (κ1) is 20.6. The van der Waals surface area contributed by atoms with Crippen molar-refractivity contribution in [2.24, 2.45) is 0 Å². The summed E-state index contributed by atoms with van der Waals surface area (Å²) < 4.78 is 0. The van der Waals surface area contributed by atoms with Crippen LogP contribution in [0.2, 0.25) is 0 Å². The van der Waals surface area contributed by atoms with Gasteiger partial charge in [0.25, 0.3) is 0 Å². The normalized spacial score (nSPS) is 13.0. The number of aryl methyl sites for hydroxylation is 1. The number of nitrogens with zero attached hydrogens (tertiary/aromatic N) is 3. The molecule has 0 radical (unpaired) electrons. The van der Waals surface area contributed by atoms with Crippen LogP contribution in [-0.4, -0.2) is 9.97 Å². The molecule has 1 aliphatic rings. The molecular formula is C24H26N4S. The fraction of sp³-hybridized carbons (Fsp3) is 0.167. The van der Waals surface area contributed by atoms with Crippen molar-refractivity contribution >= 4 is 34.5 Å². The van der Waals surface area contributed by atoms with Gasteiger partial charge >= 0.3 is 0 Å². The Balaban J connectivity index is 0.00000117. The Morgan fingerprint density at radius 3 is 2.62 bits per heavy atom. The lowest BCUT2D eigenvalue weighted by atomic mass is 10.1. The molecule has 1 N–H and O–H groups in total. The second kappa shape index (κ2) is 8.88. The summed E-state index contributed by atoms with van der Waals surface area (Å²) in [4.78, 5) is 12.9. The summed E-state index contributed by atoms with van der Waals surface area (Å²) in [5.41, 5.74) is 6.21. The average molecular weight is 403 g/mol. The van der Waals surface area contributed by atoms with Crippen LogP contribution in [0.5, 0.6) is 0 Å². The van der Waals surface area contributed by atoms with Gasteiger partial charge in [-0.2, -0.15) is 0 Å². The van der Waals surface area contributed by atoms with E-state index in [1.807, 2.05) is 56.4 Å². The Morgan fingerprint density at radius 2 is 1.93 bits per heavy atom. The van der Waals surface area contributed by atoms with Gasteiger partial charge in [-0.25, -0.2) is 0 Å². The highest BCUT2D eigenvalue weighted by atomic mass is 32.1. The molecule has 3 aromatic heterocycles. The summed E-state index contributed by atoms with van der Waals surface area (Å²) >= 11 is 1.70. The molecule has 0 aromatic carbocycles. The lowest BCUT2D eigenvalue weighted by Crippen LogP contribution is -2.29. The number of rotatable bonds is 3. The number of thiophene rings is 1. The molecule has 0 amide bonds. The average Bonchev–Trinajstić information content (AvgIpc) is 3.17. The van der Waals surface area contributed by atoms with Gasteiger partial charge in [0, 0.05) is 34.6 Å². The van der Waals surface area contributed by atoms with Crippen LogP contribution >= 0.6 is 11.3 Å². The molecular weight excluding hydrogens is 376 g/mol. The number of fused-ring (bicyclic) bond motifs is 1. The van der Waals surface area contributed by atoms with E-state index in [2.05, 4.69) is 53.6 Å². The van der Waals surface area contributed by atoms with Crippen molar-refractivity contribution in [2.45, 2.75) is 27.7 Å². The Morgan fingerprint density at radius 1 is 1.14 bits per heavy atom. The van der Waals surface area contributed by atoms with Gasteiger partial charge in [0.1, 0.15) is 5.82 Å². The smallest absolute Gasteiger partial charge is 0.108 e. The second-order valence-corrected chi connectivity index (χ2v) is 7.39. The van der Waals surface area contributed by atoms with Crippen LogP contribution in [0.25, 0.3) is 22.2 Å². The highest BCUT2D eigenvalue weighted by molar-refractivity contribution is 7.17. The van der Waals surface area contributed by atoms with Crippen LogP contribution in [-0.2, 0) is 0 Å². The van der Waals surface area contributed by atoms with Crippen molar-refractivity contribution in [3.8, 4) is 10.4 Å². The van der Waals surface area contributed by atoms with Crippen molar-refractivity contribution in [2.75, 3.05) is 10.2 Å². The van der Waals surface area contributed by atoms with Gasteiger partial charge in [-0.3, -0.25) is 14.9 Å². The molecule has 0 spiro atoms. The predicted octanol–water partition coefficient (Wildman–Crippen LogP) is 6.95. The number of anilines is 2. The van der Waals surface area contributed by atoms with Crippen LogP contribution in [0.4, 0.5) is 11.4 Å². The number of aromatic nitrogens is 2. The SMILES string of the molecule is C=C1Nc2cc(-c3cccnc3)sc2C(=C)N1c1cncc(C)c1/C=C\C.CC. The van der Waals surface area contributed by atoms with Crippen LogP contribution in [0.15, 0.2) is 68.0 Å². The molecule has 0 fully saturated rings. The largest absolute Gasteiger partial charge is 0.341 e. The van der Waals surface area contributed by atoms with Gasteiger partial charge < -0.3 is 5.32 Å². The zero-order chi connectivity index (χ0) is 21.0. The first-order chi connectivity index (χ1) is 14.1. The van der Waals surface area contributed by atoms with E-state index in [1.165, 1.54) is 0 Å². The maximum atomic E-state index is 4.39. The summed E-state index contributed by atoms with van der Waals surface area (Å²) in [5.74, 6) is 0.765. The van der Waals surface area contributed by atoms with Crippen molar-refractivity contribution in [1.29, 1.82) is 0 Å². The van der Waals surface area contributed by atoms with E-state index in [4.69, 9.17) is 0 Å². The molecule has 1 aliphatic heterocycles. The summed E-state index contributed by atoms with van der Waals surface area (Å²) in [6.07, 6.45) is 11.5. The molecule has 5 heteroatoms. The van der Waals surface area contributed by atoms with Gasteiger partial charge in [-0.05, 0) is 31.5 Å². The van der Waals surface area contributed by atoms with E-state index in [-0.39, 0.29) is 0 Å². The minimum absolute atomic E-state index is 0.765. The molecule has 3 aromatic rings. The fourth-order valence-electron chi connectivity index (χ4n) is 3.24. The second-order valence-electron chi connectivity index (χ2n) is 6.34. The van der Waals surface area contributed by atoms with Gasteiger partial charge in [0.05, 0.1) is 28.1 Å². The van der Waals surface area contributed by atoms with Gasteiger partial charge in [0.2, 0.25) is 0 Å². The van der Waals surface area contributed by atoms with Crippen LogP contribution in [0.3, 0.4) is 0 Å². The Bertz CT molecular complexity index is 1060. The molecule has 0 saturated carbocycles. The third-order valence-electron chi connectivity index (χ3n) is 4.50. The number of hydrogen-bond acceptors (Lipinski definition) is 5. The van der Waals surface area contributed by atoms with Crippen molar-refractivity contribution < 1.29 is 0 Å². The predicted molar refractivity (Wildman–Crippen MR) is 127 cm³/mol. The minimum atomic E-state index is 0.765. The number of pyridine rings is 2. The zero-order valence-corrected chi connectivity index (χ0v) is 18.2. The Kier molecular flexibility index (Phi) is 6.29. The van der Waals surface area contributed by atoms with Gasteiger partial charge in [-0.1, -0.05) is 45.2 Å². The molecule has 0 atom stereocenters. The van der Waals surface area contributed by atoms with Gasteiger partial charge in [0.15, 0.2) is 0 Å². The quantitative estimate of drug-likeness (QED) is 0.515. The lowest BCUT2D eigenvalue weighted by Gasteiger charge is -2.34. The molecule has 0 bridgehead atoms. The first-order valence-corrected chi connectivity index (χ1v) is 10.5. The Labute approximate surface area is 177 Å². The summed E-state index contributed by atoms with van der Waals surface area (Å²) in [6.45, 7) is 16.7. The van der Waals surface area contributed by atoms with E-state index in [9.17, 15) is 0 Å². The van der Waals surface area contributed by atoms with Crippen LogP contribution in [0.1, 0.15) is 36.8 Å². The monoisotopic (exact) mass is 402 g/mol. The summed E-state index contributed by atoms with van der Waals surface area (Å²) in [6, 6.07) is 6.14. The molecule has 29 heavy (non-hydrogen) atoms. The Hall–Kier alpha value is -3.18. The third-order valence-corrected chi connectivity index (χ3v) is 5.73. The molecule has 4 heterocycles. The lowest BCUT2D eigenvalue weighted by molar-refractivity contribution is 1.13. The summed E-state index contributed by atoms with van der Waals surface area (Å²) in [5, 5.41) is 3.43.